The molecule has 0 fully saturated rings. The normalized spacial score (nSPS) is 11.9. The molecule has 7 heteroatoms. The third kappa shape index (κ3) is 5.57. The molecular formula is C21H24ClN4O2+. The van der Waals surface area contributed by atoms with Crippen LogP contribution in [0.4, 0.5) is 0 Å². The zero-order chi connectivity index (χ0) is 19.8. The van der Waals surface area contributed by atoms with Gasteiger partial charge in [-0.05, 0) is 43.0 Å². The number of amides is 1. The molecule has 2 heterocycles. The molecule has 28 heavy (non-hydrogen) atoms. The van der Waals surface area contributed by atoms with Gasteiger partial charge in [0.2, 0.25) is 17.8 Å². The summed E-state index contributed by atoms with van der Waals surface area (Å²) in [7, 11) is 0. The maximum Gasteiger partial charge on any atom is 0.242 e. The van der Waals surface area contributed by atoms with E-state index in [0.717, 1.165) is 35.3 Å². The lowest BCUT2D eigenvalue weighted by molar-refractivity contribution is -0.910. The Bertz CT molecular complexity index is 882. The van der Waals surface area contributed by atoms with Crippen molar-refractivity contribution >= 4 is 17.5 Å². The molecule has 0 spiro atoms. The van der Waals surface area contributed by atoms with Gasteiger partial charge in [-0.25, -0.2) is 4.98 Å². The maximum absolute atomic E-state index is 12.5. The van der Waals surface area contributed by atoms with E-state index in [1.54, 1.807) is 30.7 Å². The third-order valence-electron chi connectivity index (χ3n) is 4.64. The van der Waals surface area contributed by atoms with Crippen molar-refractivity contribution in [3.05, 3.63) is 83.2 Å². The summed E-state index contributed by atoms with van der Waals surface area (Å²) in [6.07, 6.45) is 8.07. The van der Waals surface area contributed by atoms with Crippen molar-refractivity contribution in [2.24, 2.45) is 0 Å². The zero-order valence-corrected chi connectivity index (χ0v) is 16.3. The van der Waals surface area contributed by atoms with Crippen LogP contribution in [0.1, 0.15) is 42.1 Å². The van der Waals surface area contributed by atoms with Crippen LogP contribution in [0.2, 0.25) is 5.02 Å². The van der Waals surface area contributed by atoms with E-state index in [-0.39, 0.29) is 18.2 Å². The standard InChI is InChI=1S/C21H23ClN4O2/c22-17-9-7-16(8-10-17)19(20-6-2-4-12-26(20)28)13-21(27)24-11-3-1-5-18-14-23-15-25-18/h2,4,6-10,12,14-15,19H,1,3,5,11,13H2,(H2-,23,24,25,27,28)/p+1. The lowest BCUT2D eigenvalue weighted by atomic mass is 9.91. The number of carbonyl (C=O) groups is 1. The van der Waals surface area contributed by atoms with Crippen LogP contribution in [-0.4, -0.2) is 27.6 Å². The van der Waals surface area contributed by atoms with Gasteiger partial charge in [-0.15, -0.1) is 0 Å². The van der Waals surface area contributed by atoms with Gasteiger partial charge in [0.1, 0.15) is 0 Å². The highest BCUT2D eigenvalue weighted by atomic mass is 35.5. The first-order valence-corrected chi connectivity index (χ1v) is 9.70. The summed E-state index contributed by atoms with van der Waals surface area (Å²) >= 11 is 5.99. The van der Waals surface area contributed by atoms with Gasteiger partial charge >= 0.3 is 0 Å². The number of nitrogens with zero attached hydrogens (tertiary/aromatic N) is 2. The first-order chi connectivity index (χ1) is 13.6. The summed E-state index contributed by atoms with van der Waals surface area (Å²) in [5, 5.41) is 13.8. The molecule has 0 radical (unpaired) electrons. The second-order valence-corrected chi connectivity index (χ2v) is 7.10. The Kier molecular flexibility index (Phi) is 7.03. The van der Waals surface area contributed by atoms with E-state index in [1.807, 2.05) is 30.5 Å². The number of halogens is 1. The number of hydrogen-bond acceptors (Lipinski definition) is 3. The highest BCUT2D eigenvalue weighted by molar-refractivity contribution is 6.30. The summed E-state index contributed by atoms with van der Waals surface area (Å²) in [5.74, 6) is -0.321. The fraction of sp³-hybridized carbons (Fsp3) is 0.286. The van der Waals surface area contributed by atoms with Crippen LogP contribution in [0.25, 0.3) is 0 Å². The second-order valence-electron chi connectivity index (χ2n) is 6.66. The molecule has 1 unspecified atom stereocenters. The molecule has 146 valence electrons. The number of pyridine rings is 1. The van der Waals surface area contributed by atoms with Gasteiger partial charge in [0.15, 0.2) is 0 Å². The van der Waals surface area contributed by atoms with Crippen molar-refractivity contribution in [3.63, 3.8) is 0 Å². The van der Waals surface area contributed by atoms with Crippen molar-refractivity contribution in [2.75, 3.05) is 6.54 Å². The number of aromatic amines is 1. The number of unbranched alkanes of at least 4 members (excludes halogenated alkanes) is 1. The molecule has 0 saturated carbocycles. The number of aromatic nitrogens is 3. The van der Waals surface area contributed by atoms with Crippen molar-refractivity contribution in [2.45, 2.75) is 31.6 Å². The van der Waals surface area contributed by atoms with Crippen LogP contribution >= 0.6 is 11.6 Å². The van der Waals surface area contributed by atoms with Gasteiger partial charge in [0.25, 0.3) is 0 Å². The van der Waals surface area contributed by atoms with Gasteiger partial charge in [-0.1, -0.05) is 23.7 Å². The van der Waals surface area contributed by atoms with Crippen molar-refractivity contribution in [1.82, 2.24) is 15.3 Å². The van der Waals surface area contributed by atoms with Gasteiger partial charge in [-0.2, -0.15) is 0 Å². The molecule has 3 aromatic rings. The Balaban J connectivity index is 1.58. The highest BCUT2D eigenvalue weighted by Gasteiger charge is 2.26. The number of nitrogens with one attached hydrogen (secondary N) is 2. The van der Waals surface area contributed by atoms with Crippen molar-refractivity contribution in [1.29, 1.82) is 0 Å². The number of rotatable bonds is 9. The van der Waals surface area contributed by atoms with Crippen LogP contribution in [0, 0.1) is 0 Å². The lowest BCUT2D eigenvalue weighted by Gasteiger charge is -2.14. The van der Waals surface area contributed by atoms with Crippen LogP contribution in [0.5, 0.6) is 0 Å². The highest BCUT2D eigenvalue weighted by Crippen LogP contribution is 2.26. The molecule has 6 nitrogen and oxygen atoms in total. The van der Waals surface area contributed by atoms with Gasteiger partial charge < -0.3 is 10.3 Å². The largest absolute Gasteiger partial charge is 0.356 e. The maximum atomic E-state index is 12.5. The third-order valence-corrected chi connectivity index (χ3v) is 4.89. The van der Waals surface area contributed by atoms with Crippen LogP contribution < -0.4 is 10.0 Å². The van der Waals surface area contributed by atoms with Crippen molar-refractivity contribution < 1.29 is 14.7 Å². The summed E-state index contributed by atoms with van der Waals surface area (Å²) in [6.45, 7) is 0.619. The van der Waals surface area contributed by atoms with E-state index in [4.69, 9.17) is 11.6 Å². The Labute approximate surface area is 169 Å². The average molecular weight is 400 g/mol. The minimum Gasteiger partial charge on any atom is -0.356 e. The molecule has 3 N–H and O–H groups in total. The number of aryl methyl sites for hydroxylation is 1. The Morgan fingerprint density at radius 3 is 2.75 bits per heavy atom. The summed E-state index contributed by atoms with van der Waals surface area (Å²) < 4.78 is 1.07. The number of benzene rings is 1. The van der Waals surface area contributed by atoms with E-state index < -0.39 is 0 Å². The van der Waals surface area contributed by atoms with E-state index in [9.17, 15) is 10.0 Å². The smallest absolute Gasteiger partial charge is 0.242 e. The topological polar surface area (TPSA) is 81.9 Å². The minimum absolute atomic E-state index is 0.0506. The van der Waals surface area contributed by atoms with Crippen LogP contribution in [0.15, 0.2) is 61.2 Å². The van der Waals surface area contributed by atoms with Crippen molar-refractivity contribution in [3.8, 4) is 0 Å². The SMILES string of the molecule is O=C(CC(c1ccc(Cl)cc1)c1cccc[n+]1O)NCCCCc1cnc[nH]1. The summed E-state index contributed by atoms with van der Waals surface area (Å²) in [6, 6.07) is 12.8. The van der Waals surface area contributed by atoms with E-state index >= 15 is 0 Å². The summed E-state index contributed by atoms with van der Waals surface area (Å²) in [5.41, 5.74) is 2.68. The fourth-order valence-electron chi connectivity index (χ4n) is 3.16. The molecule has 0 aliphatic rings. The van der Waals surface area contributed by atoms with E-state index in [2.05, 4.69) is 15.3 Å². The summed E-state index contributed by atoms with van der Waals surface area (Å²) in [4.78, 5) is 19.6. The Morgan fingerprint density at radius 1 is 1.21 bits per heavy atom. The first-order valence-electron chi connectivity index (χ1n) is 9.32. The predicted molar refractivity (Wildman–Crippen MR) is 106 cm³/mol. The number of H-pyrrole nitrogens is 1. The van der Waals surface area contributed by atoms with E-state index in [1.165, 1.54) is 0 Å². The van der Waals surface area contributed by atoms with Gasteiger partial charge in [0.05, 0.1) is 12.2 Å². The monoisotopic (exact) mass is 399 g/mol. The quantitative estimate of drug-likeness (QED) is 0.293. The van der Waals surface area contributed by atoms with E-state index in [0.29, 0.717) is 17.3 Å². The average Bonchev–Trinajstić information content (AvgIpc) is 3.21. The second kappa shape index (κ2) is 9.90. The number of carbonyl (C=O) groups excluding carboxylic acids is 1. The molecule has 0 aliphatic carbocycles. The number of hydrogen-bond donors (Lipinski definition) is 3. The Hall–Kier alpha value is -2.86. The molecule has 2 aromatic heterocycles. The molecule has 1 aromatic carbocycles. The molecule has 3 rings (SSSR count). The predicted octanol–water partition coefficient (Wildman–Crippen LogP) is 3.25. The molecule has 0 aliphatic heterocycles. The lowest BCUT2D eigenvalue weighted by Crippen LogP contribution is -2.37. The zero-order valence-electron chi connectivity index (χ0n) is 15.5. The number of imidazole rings is 1. The molecule has 0 bridgehead atoms. The Morgan fingerprint density at radius 2 is 2.04 bits per heavy atom. The molecule has 0 saturated heterocycles. The minimum atomic E-state index is -0.270. The molecular weight excluding hydrogens is 376 g/mol. The first kappa shape index (κ1) is 19.9. The van der Waals surface area contributed by atoms with Gasteiger partial charge in [-0.3, -0.25) is 10.0 Å². The van der Waals surface area contributed by atoms with Crippen LogP contribution in [0.3, 0.4) is 0 Å². The van der Waals surface area contributed by atoms with Gasteiger partial charge in [0, 0.05) is 46.7 Å². The van der Waals surface area contributed by atoms with Crippen LogP contribution in [-0.2, 0) is 11.2 Å². The molecule has 1 amide bonds. The molecule has 1 atom stereocenters. The fourth-order valence-corrected chi connectivity index (χ4v) is 3.29.